The molecular weight excluding hydrogens is 414 g/mol. The number of thiophene rings is 1. The second-order valence-electron chi connectivity index (χ2n) is 7.18. The van der Waals surface area contributed by atoms with Gasteiger partial charge in [0.2, 0.25) is 0 Å². The van der Waals surface area contributed by atoms with Crippen LogP contribution in [-0.2, 0) is 0 Å². The smallest absolute Gasteiger partial charge is 0.272 e. The summed E-state index contributed by atoms with van der Waals surface area (Å²) in [6.45, 7) is 2.85. The first-order chi connectivity index (χ1) is 15.1. The fourth-order valence-corrected chi connectivity index (χ4v) is 4.17. The Hall–Kier alpha value is -3.78. The van der Waals surface area contributed by atoms with Crippen molar-refractivity contribution < 1.29 is 19.1 Å². The minimum absolute atomic E-state index is 0.234. The van der Waals surface area contributed by atoms with Gasteiger partial charge in [-0.15, -0.1) is 11.3 Å². The molecule has 0 spiro atoms. The average Bonchev–Trinajstić information content (AvgIpc) is 3.38. The zero-order valence-corrected chi connectivity index (χ0v) is 17.5. The molecule has 3 heterocycles. The van der Waals surface area contributed by atoms with E-state index < -0.39 is 0 Å². The van der Waals surface area contributed by atoms with Crippen LogP contribution < -0.4 is 20.1 Å². The number of aromatic amines is 1. The highest BCUT2D eigenvalue weighted by molar-refractivity contribution is 7.17. The van der Waals surface area contributed by atoms with E-state index in [2.05, 4.69) is 15.6 Å². The maximum atomic E-state index is 12.7. The van der Waals surface area contributed by atoms with Gasteiger partial charge in [-0.2, -0.15) is 0 Å². The largest absolute Gasteiger partial charge is 0.486 e. The number of aromatic nitrogens is 1. The number of ether oxygens (including phenoxy) is 2. The van der Waals surface area contributed by atoms with E-state index in [0.29, 0.717) is 47.3 Å². The molecule has 5 rings (SSSR count). The predicted octanol–water partition coefficient (Wildman–Crippen LogP) is 4.81. The highest BCUT2D eigenvalue weighted by Gasteiger charge is 2.16. The molecule has 0 atom stereocenters. The zero-order chi connectivity index (χ0) is 21.4. The molecule has 0 aliphatic carbocycles. The van der Waals surface area contributed by atoms with Crippen LogP contribution >= 0.6 is 11.3 Å². The summed E-state index contributed by atoms with van der Waals surface area (Å²) < 4.78 is 12.1. The van der Waals surface area contributed by atoms with Crippen LogP contribution in [-0.4, -0.2) is 30.0 Å². The number of fused-ring (bicyclic) bond motifs is 2. The SMILES string of the molecule is Cc1ccc(NC(=O)c2ccc3c(c2)OCCO3)cc1NC(=O)c1cc2sccc2[nH]1. The summed E-state index contributed by atoms with van der Waals surface area (Å²) in [5.41, 5.74) is 3.98. The summed E-state index contributed by atoms with van der Waals surface area (Å²) in [4.78, 5) is 28.5. The van der Waals surface area contributed by atoms with E-state index in [9.17, 15) is 9.59 Å². The van der Waals surface area contributed by atoms with Gasteiger partial charge in [-0.05, 0) is 60.3 Å². The van der Waals surface area contributed by atoms with Gasteiger partial charge < -0.3 is 25.1 Å². The number of H-pyrrole nitrogens is 1. The van der Waals surface area contributed by atoms with Crippen LogP contribution in [0.15, 0.2) is 53.9 Å². The van der Waals surface area contributed by atoms with Crippen LogP contribution in [0, 0.1) is 6.92 Å². The monoisotopic (exact) mass is 433 g/mol. The summed E-state index contributed by atoms with van der Waals surface area (Å²) in [5, 5.41) is 7.76. The molecule has 0 fully saturated rings. The Balaban J connectivity index is 1.32. The number of anilines is 2. The third-order valence-corrected chi connectivity index (χ3v) is 5.90. The van der Waals surface area contributed by atoms with Gasteiger partial charge in [0, 0.05) is 16.9 Å². The molecule has 1 aliphatic rings. The van der Waals surface area contributed by atoms with Crippen LogP contribution in [0.4, 0.5) is 11.4 Å². The Bertz CT molecular complexity index is 1280. The van der Waals surface area contributed by atoms with E-state index in [1.165, 1.54) is 0 Å². The van der Waals surface area contributed by atoms with Crippen LogP contribution in [0.5, 0.6) is 11.5 Å². The second kappa shape index (κ2) is 7.81. The van der Waals surface area contributed by atoms with Crippen molar-refractivity contribution in [3.05, 3.63) is 70.7 Å². The van der Waals surface area contributed by atoms with Crippen molar-refractivity contribution in [1.82, 2.24) is 4.98 Å². The summed E-state index contributed by atoms with van der Waals surface area (Å²) in [6.07, 6.45) is 0. The van der Waals surface area contributed by atoms with Gasteiger partial charge in [-0.3, -0.25) is 9.59 Å². The van der Waals surface area contributed by atoms with Crippen LogP contribution in [0.1, 0.15) is 26.4 Å². The Morgan fingerprint density at radius 1 is 0.935 bits per heavy atom. The third-order valence-electron chi connectivity index (χ3n) is 5.03. The molecular formula is C23H19N3O4S. The first-order valence-electron chi connectivity index (χ1n) is 9.76. The van der Waals surface area contributed by atoms with Crippen molar-refractivity contribution in [2.24, 2.45) is 0 Å². The van der Waals surface area contributed by atoms with E-state index in [1.807, 2.05) is 30.5 Å². The van der Waals surface area contributed by atoms with E-state index in [1.54, 1.807) is 41.7 Å². The van der Waals surface area contributed by atoms with Gasteiger partial charge in [0.05, 0.1) is 10.2 Å². The maximum Gasteiger partial charge on any atom is 0.272 e. The molecule has 0 saturated heterocycles. The molecule has 31 heavy (non-hydrogen) atoms. The van der Waals surface area contributed by atoms with Crippen molar-refractivity contribution in [2.75, 3.05) is 23.8 Å². The highest BCUT2D eigenvalue weighted by atomic mass is 32.1. The molecule has 0 saturated carbocycles. The van der Waals surface area contributed by atoms with Gasteiger partial charge >= 0.3 is 0 Å². The summed E-state index contributed by atoms with van der Waals surface area (Å²) in [6, 6.07) is 14.2. The summed E-state index contributed by atoms with van der Waals surface area (Å²) in [7, 11) is 0. The third kappa shape index (κ3) is 3.85. The number of amides is 2. The Labute approximate surface area is 182 Å². The first kappa shape index (κ1) is 19.2. The van der Waals surface area contributed by atoms with Crippen molar-refractivity contribution in [2.45, 2.75) is 6.92 Å². The molecule has 3 N–H and O–H groups in total. The zero-order valence-electron chi connectivity index (χ0n) is 16.7. The number of carbonyl (C=O) groups excluding carboxylic acids is 2. The molecule has 1 aliphatic heterocycles. The quantitative estimate of drug-likeness (QED) is 0.430. The second-order valence-corrected chi connectivity index (χ2v) is 8.13. The lowest BCUT2D eigenvalue weighted by Gasteiger charge is -2.18. The number of rotatable bonds is 4. The molecule has 7 nitrogen and oxygen atoms in total. The summed E-state index contributed by atoms with van der Waals surface area (Å²) in [5.74, 6) is 0.679. The van der Waals surface area contributed by atoms with E-state index in [-0.39, 0.29) is 11.8 Å². The molecule has 4 aromatic rings. The van der Waals surface area contributed by atoms with Crippen molar-refractivity contribution in [1.29, 1.82) is 0 Å². The fourth-order valence-electron chi connectivity index (χ4n) is 3.38. The summed E-state index contributed by atoms with van der Waals surface area (Å²) >= 11 is 1.58. The molecule has 156 valence electrons. The molecule has 0 bridgehead atoms. The standard InChI is InChI=1S/C23H19N3O4S/c1-13-2-4-15(24-22(27)14-3-5-19-20(10-14)30-8-7-29-19)11-17(13)26-23(28)18-12-21-16(25-18)6-9-31-21/h2-6,9-12,25H,7-8H2,1H3,(H,24,27)(H,26,28). The van der Waals surface area contributed by atoms with Gasteiger partial charge in [0.15, 0.2) is 11.5 Å². The Morgan fingerprint density at radius 3 is 2.61 bits per heavy atom. The minimum Gasteiger partial charge on any atom is -0.486 e. The van der Waals surface area contributed by atoms with Crippen LogP contribution in [0.25, 0.3) is 10.2 Å². The van der Waals surface area contributed by atoms with Crippen LogP contribution in [0.3, 0.4) is 0 Å². The lowest BCUT2D eigenvalue weighted by atomic mass is 10.1. The number of hydrogen-bond acceptors (Lipinski definition) is 5. The molecule has 0 radical (unpaired) electrons. The normalized spacial score (nSPS) is 12.5. The van der Waals surface area contributed by atoms with Crippen molar-refractivity contribution in [3.8, 4) is 11.5 Å². The topological polar surface area (TPSA) is 92.4 Å². The van der Waals surface area contributed by atoms with Gasteiger partial charge in [0.1, 0.15) is 18.9 Å². The molecule has 8 heteroatoms. The van der Waals surface area contributed by atoms with Gasteiger partial charge in [0.25, 0.3) is 11.8 Å². The Morgan fingerprint density at radius 2 is 1.77 bits per heavy atom. The lowest BCUT2D eigenvalue weighted by Crippen LogP contribution is -2.17. The maximum absolute atomic E-state index is 12.7. The number of carbonyl (C=O) groups is 2. The molecule has 2 aromatic carbocycles. The number of aryl methyl sites for hydroxylation is 1. The number of benzene rings is 2. The van der Waals surface area contributed by atoms with E-state index in [4.69, 9.17) is 9.47 Å². The average molecular weight is 433 g/mol. The highest BCUT2D eigenvalue weighted by Crippen LogP contribution is 2.31. The van der Waals surface area contributed by atoms with Crippen molar-refractivity contribution >= 4 is 44.7 Å². The van der Waals surface area contributed by atoms with Crippen molar-refractivity contribution in [3.63, 3.8) is 0 Å². The first-order valence-corrected chi connectivity index (χ1v) is 10.6. The molecule has 0 unspecified atom stereocenters. The Kier molecular flexibility index (Phi) is 4.83. The number of nitrogens with one attached hydrogen (secondary N) is 3. The van der Waals surface area contributed by atoms with Crippen LogP contribution in [0.2, 0.25) is 0 Å². The minimum atomic E-state index is -0.275. The predicted molar refractivity (Wildman–Crippen MR) is 121 cm³/mol. The van der Waals surface area contributed by atoms with E-state index >= 15 is 0 Å². The van der Waals surface area contributed by atoms with Gasteiger partial charge in [-0.1, -0.05) is 6.07 Å². The number of hydrogen-bond donors (Lipinski definition) is 3. The molecule has 2 amide bonds. The van der Waals surface area contributed by atoms with Gasteiger partial charge in [-0.25, -0.2) is 0 Å². The van der Waals surface area contributed by atoms with E-state index in [0.717, 1.165) is 15.8 Å². The lowest BCUT2D eigenvalue weighted by molar-refractivity contribution is 0.101. The fraction of sp³-hybridized carbons (Fsp3) is 0.130. The molecule has 2 aromatic heterocycles.